The van der Waals surface area contributed by atoms with Crippen LogP contribution in [0.5, 0.6) is 0 Å². The van der Waals surface area contributed by atoms with Gasteiger partial charge in [-0.05, 0) is 25.2 Å². The summed E-state index contributed by atoms with van der Waals surface area (Å²) in [6, 6.07) is 0.478. The third-order valence-electron chi connectivity index (χ3n) is 4.87. The second kappa shape index (κ2) is 7.99. The van der Waals surface area contributed by atoms with Gasteiger partial charge in [0.25, 0.3) is 0 Å². The zero-order valence-electron chi connectivity index (χ0n) is 14.1. The lowest BCUT2D eigenvalue weighted by molar-refractivity contribution is -0.106. The molecule has 2 rings (SSSR count). The molecule has 4 nitrogen and oxygen atoms in total. The molecular formula is C16H32IN3O. The minimum absolute atomic E-state index is 0. The first-order valence-electron chi connectivity index (χ1n) is 8.05. The van der Waals surface area contributed by atoms with Gasteiger partial charge in [0.15, 0.2) is 5.96 Å². The van der Waals surface area contributed by atoms with E-state index >= 15 is 0 Å². The van der Waals surface area contributed by atoms with Gasteiger partial charge in [0.05, 0.1) is 6.10 Å². The van der Waals surface area contributed by atoms with Crippen LogP contribution in [0.4, 0.5) is 0 Å². The lowest BCUT2D eigenvalue weighted by Gasteiger charge is -2.54. The van der Waals surface area contributed by atoms with Crippen LogP contribution >= 0.6 is 24.0 Å². The quantitative estimate of drug-likeness (QED) is 0.318. The Bertz CT molecular complexity index is 357. The van der Waals surface area contributed by atoms with Crippen molar-refractivity contribution >= 4 is 29.9 Å². The second-order valence-electron chi connectivity index (χ2n) is 7.22. The number of nitrogens with one attached hydrogen (secondary N) is 2. The van der Waals surface area contributed by atoms with Gasteiger partial charge in [-0.25, -0.2) is 0 Å². The van der Waals surface area contributed by atoms with Crippen molar-refractivity contribution < 1.29 is 4.74 Å². The van der Waals surface area contributed by atoms with Crippen LogP contribution in [-0.2, 0) is 4.74 Å². The predicted molar refractivity (Wildman–Crippen MR) is 99.4 cm³/mol. The summed E-state index contributed by atoms with van der Waals surface area (Å²) in [6.45, 7) is 11.0. The summed E-state index contributed by atoms with van der Waals surface area (Å²) in [5.74, 6) is 2.37. The molecule has 1 saturated carbocycles. The molecular weight excluding hydrogens is 377 g/mol. The van der Waals surface area contributed by atoms with E-state index in [-0.39, 0.29) is 29.4 Å². The van der Waals surface area contributed by atoms with E-state index in [1.165, 1.54) is 19.3 Å². The largest absolute Gasteiger partial charge is 0.377 e. The van der Waals surface area contributed by atoms with Crippen LogP contribution in [0, 0.1) is 17.3 Å². The molecule has 2 N–H and O–H groups in total. The standard InChI is InChI=1S/C16H31N3O.HI/c1-11(2)7-6-9-18-15(17-5)19-13-12-8-10-20-14(12)16(13,3)4;/h11-14H,6-10H2,1-5H3,(H2,17,18,19);1H. The van der Waals surface area contributed by atoms with E-state index in [1.54, 1.807) is 0 Å². The van der Waals surface area contributed by atoms with Gasteiger partial charge in [-0.2, -0.15) is 0 Å². The highest BCUT2D eigenvalue weighted by atomic mass is 127. The smallest absolute Gasteiger partial charge is 0.191 e. The van der Waals surface area contributed by atoms with Crippen molar-refractivity contribution in [3.8, 4) is 0 Å². The zero-order valence-corrected chi connectivity index (χ0v) is 16.4. The summed E-state index contributed by atoms with van der Waals surface area (Å²) in [7, 11) is 1.85. The summed E-state index contributed by atoms with van der Waals surface area (Å²) in [5, 5.41) is 7.05. The van der Waals surface area contributed by atoms with E-state index in [1.807, 2.05) is 7.05 Å². The lowest BCUT2D eigenvalue weighted by atomic mass is 9.57. The van der Waals surface area contributed by atoms with Crippen LogP contribution in [0.25, 0.3) is 0 Å². The summed E-state index contributed by atoms with van der Waals surface area (Å²) in [6.07, 6.45) is 4.06. The fourth-order valence-corrected chi connectivity index (χ4v) is 3.68. The molecule has 1 aliphatic heterocycles. The first-order valence-corrected chi connectivity index (χ1v) is 8.05. The Labute approximate surface area is 146 Å². The van der Waals surface area contributed by atoms with E-state index in [2.05, 4.69) is 43.3 Å². The van der Waals surface area contributed by atoms with Crippen molar-refractivity contribution in [3.05, 3.63) is 0 Å². The van der Waals surface area contributed by atoms with Gasteiger partial charge in [0, 0.05) is 37.6 Å². The first-order chi connectivity index (χ1) is 9.46. The Morgan fingerprint density at radius 1 is 1.38 bits per heavy atom. The Morgan fingerprint density at radius 3 is 2.71 bits per heavy atom. The van der Waals surface area contributed by atoms with E-state index in [0.29, 0.717) is 18.1 Å². The van der Waals surface area contributed by atoms with Gasteiger partial charge in [0.2, 0.25) is 0 Å². The molecule has 124 valence electrons. The molecule has 1 saturated heterocycles. The van der Waals surface area contributed by atoms with Crippen molar-refractivity contribution in [1.82, 2.24) is 10.6 Å². The van der Waals surface area contributed by atoms with Gasteiger partial charge in [-0.15, -0.1) is 24.0 Å². The fraction of sp³-hybridized carbons (Fsp3) is 0.938. The molecule has 1 heterocycles. The third-order valence-corrected chi connectivity index (χ3v) is 4.87. The second-order valence-corrected chi connectivity index (χ2v) is 7.22. The van der Waals surface area contributed by atoms with E-state index in [0.717, 1.165) is 25.0 Å². The van der Waals surface area contributed by atoms with Crippen molar-refractivity contribution in [2.75, 3.05) is 20.2 Å². The highest BCUT2D eigenvalue weighted by molar-refractivity contribution is 14.0. The average molecular weight is 409 g/mol. The number of guanidine groups is 1. The molecule has 2 aliphatic rings. The third kappa shape index (κ3) is 4.24. The van der Waals surface area contributed by atoms with Crippen LogP contribution in [0.2, 0.25) is 0 Å². The Morgan fingerprint density at radius 2 is 2.10 bits per heavy atom. The van der Waals surface area contributed by atoms with Crippen molar-refractivity contribution in [2.45, 2.75) is 59.1 Å². The van der Waals surface area contributed by atoms with Gasteiger partial charge < -0.3 is 15.4 Å². The number of hydrogen-bond acceptors (Lipinski definition) is 2. The number of halogens is 1. The highest BCUT2D eigenvalue weighted by Gasteiger charge is 2.59. The number of fused-ring (bicyclic) bond motifs is 1. The van der Waals surface area contributed by atoms with Crippen LogP contribution in [-0.4, -0.2) is 38.3 Å². The number of rotatable bonds is 5. The molecule has 0 radical (unpaired) electrons. The summed E-state index contributed by atoms with van der Waals surface area (Å²) < 4.78 is 5.84. The van der Waals surface area contributed by atoms with E-state index < -0.39 is 0 Å². The van der Waals surface area contributed by atoms with Gasteiger partial charge >= 0.3 is 0 Å². The molecule has 0 aromatic heterocycles. The molecule has 0 amide bonds. The molecule has 3 unspecified atom stereocenters. The lowest BCUT2D eigenvalue weighted by Crippen LogP contribution is -2.67. The van der Waals surface area contributed by atoms with E-state index in [4.69, 9.17) is 4.74 Å². The first kappa shape index (κ1) is 19.0. The van der Waals surface area contributed by atoms with Crippen molar-refractivity contribution in [2.24, 2.45) is 22.2 Å². The Hall–Kier alpha value is -0.0400. The van der Waals surface area contributed by atoms with E-state index in [9.17, 15) is 0 Å². The predicted octanol–water partition coefficient (Wildman–Crippen LogP) is 3.02. The van der Waals surface area contributed by atoms with Crippen LogP contribution in [0.3, 0.4) is 0 Å². The SMILES string of the molecule is CN=C(NCCCC(C)C)NC1C2CCOC2C1(C)C.I. The number of hydrogen-bond donors (Lipinski definition) is 2. The summed E-state index contributed by atoms with van der Waals surface area (Å²) in [5.41, 5.74) is 0.205. The highest BCUT2D eigenvalue weighted by Crippen LogP contribution is 2.51. The zero-order chi connectivity index (χ0) is 14.8. The normalized spacial score (nSPS) is 30.4. The maximum atomic E-state index is 5.84. The van der Waals surface area contributed by atoms with Crippen LogP contribution < -0.4 is 10.6 Å². The summed E-state index contributed by atoms with van der Waals surface area (Å²) in [4.78, 5) is 4.36. The molecule has 0 aromatic carbocycles. The molecule has 0 aromatic rings. The Balaban J connectivity index is 0.00000220. The molecule has 5 heteroatoms. The number of ether oxygens (including phenoxy) is 1. The minimum atomic E-state index is 0. The van der Waals surface area contributed by atoms with Gasteiger partial charge in [-0.3, -0.25) is 4.99 Å². The maximum absolute atomic E-state index is 5.84. The molecule has 21 heavy (non-hydrogen) atoms. The van der Waals surface area contributed by atoms with Crippen LogP contribution in [0.1, 0.15) is 47.0 Å². The van der Waals surface area contributed by atoms with Gasteiger partial charge in [-0.1, -0.05) is 27.7 Å². The number of nitrogens with zero attached hydrogens (tertiary/aromatic N) is 1. The topological polar surface area (TPSA) is 45.7 Å². The molecule has 2 fully saturated rings. The van der Waals surface area contributed by atoms with Gasteiger partial charge in [0.1, 0.15) is 0 Å². The minimum Gasteiger partial charge on any atom is -0.377 e. The maximum Gasteiger partial charge on any atom is 0.191 e. The molecule has 0 spiro atoms. The molecule has 1 aliphatic carbocycles. The average Bonchev–Trinajstić information content (AvgIpc) is 2.84. The summed E-state index contributed by atoms with van der Waals surface area (Å²) >= 11 is 0. The molecule has 0 bridgehead atoms. The van der Waals surface area contributed by atoms with Crippen molar-refractivity contribution in [3.63, 3.8) is 0 Å². The fourth-order valence-electron chi connectivity index (χ4n) is 3.68. The number of aliphatic imine (C=N–C) groups is 1. The Kier molecular flexibility index (Phi) is 7.24. The van der Waals surface area contributed by atoms with Crippen molar-refractivity contribution in [1.29, 1.82) is 0 Å². The monoisotopic (exact) mass is 409 g/mol. The molecule has 3 atom stereocenters. The van der Waals surface area contributed by atoms with Crippen LogP contribution in [0.15, 0.2) is 4.99 Å².